The van der Waals surface area contributed by atoms with Gasteiger partial charge in [0.15, 0.2) is 4.32 Å². The van der Waals surface area contributed by atoms with E-state index < -0.39 is 0 Å². The first kappa shape index (κ1) is 14.7. The van der Waals surface area contributed by atoms with E-state index in [1.165, 1.54) is 28.9 Å². The van der Waals surface area contributed by atoms with Gasteiger partial charge in [0.1, 0.15) is 5.82 Å². The SMILES string of the molecule is O=C1C(=Cc2ccc(F)cc2)SC(=S)N1Nc1ccccc1. The summed E-state index contributed by atoms with van der Waals surface area (Å²) < 4.78 is 13.3. The Bertz CT molecular complexity index is 745. The van der Waals surface area contributed by atoms with Crippen LogP contribution < -0.4 is 5.43 Å². The van der Waals surface area contributed by atoms with Crippen LogP contribution in [0.25, 0.3) is 6.08 Å². The van der Waals surface area contributed by atoms with Gasteiger partial charge in [-0.15, -0.1) is 0 Å². The Morgan fingerprint density at radius 1 is 1.09 bits per heavy atom. The molecule has 1 saturated heterocycles. The number of thiocarbonyl (C=S) groups is 1. The first-order chi connectivity index (χ1) is 10.6. The molecule has 0 saturated carbocycles. The van der Waals surface area contributed by atoms with Crippen LogP contribution in [0.4, 0.5) is 10.1 Å². The highest BCUT2D eigenvalue weighted by Crippen LogP contribution is 2.32. The van der Waals surface area contributed by atoms with Crippen molar-refractivity contribution in [1.82, 2.24) is 5.01 Å². The van der Waals surface area contributed by atoms with Crippen molar-refractivity contribution >= 4 is 46.0 Å². The lowest BCUT2D eigenvalue weighted by Gasteiger charge is -2.16. The third-order valence-corrected chi connectivity index (χ3v) is 4.28. The highest BCUT2D eigenvalue weighted by molar-refractivity contribution is 8.26. The molecule has 2 aromatic rings. The summed E-state index contributed by atoms with van der Waals surface area (Å²) in [5, 5.41) is 1.34. The Labute approximate surface area is 136 Å². The minimum atomic E-state index is -0.310. The smallest absolute Gasteiger partial charge is 0.285 e. The molecule has 1 heterocycles. The number of halogens is 1. The first-order valence-corrected chi connectivity index (χ1v) is 7.71. The summed E-state index contributed by atoms with van der Waals surface area (Å²) in [5.74, 6) is -0.529. The summed E-state index contributed by atoms with van der Waals surface area (Å²) in [4.78, 5) is 12.9. The standard InChI is InChI=1S/C16H11FN2OS2/c17-12-8-6-11(7-9-12)10-14-15(20)19(16(21)22-14)18-13-4-2-1-3-5-13/h1-10,18H. The Balaban J connectivity index is 1.80. The third-order valence-electron chi connectivity index (χ3n) is 2.98. The number of nitrogens with zero attached hydrogens (tertiary/aromatic N) is 1. The highest BCUT2D eigenvalue weighted by atomic mass is 32.2. The fourth-order valence-corrected chi connectivity index (χ4v) is 3.10. The number of hydrogen-bond acceptors (Lipinski definition) is 4. The van der Waals surface area contributed by atoms with Crippen molar-refractivity contribution < 1.29 is 9.18 Å². The van der Waals surface area contributed by atoms with Crippen LogP contribution in [-0.2, 0) is 4.79 Å². The van der Waals surface area contributed by atoms with Gasteiger partial charge in [-0.2, -0.15) is 0 Å². The average molecular weight is 330 g/mol. The molecule has 1 fully saturated rings. The largest absolute Gasteiger partial charge is 0.290 e. The maximum absolute atomic E-state index is 12.9. The van der Waals surface area contributed by atoms with Crippen molar-refractivity contribution in [2.75, 3.05) is 5.43 Å². The molecule has 0 unspecified atom stereocenters. The van der Waals surface area contributed by atoms with Crippen molar-refractivity contribution in [2.45, 2.75) is 0 Å². The quantitative estimate of drug-likeness (QED) is 0.680. The number of para-hydroxylation sites is 1. The number of thioether (sulfide) groups is 1. The summed E-state index contributed by atoms with van der Waals surface area (Å²) >= 11 is 6.45. The molecule has 6 heteroatoms. The zero-order valence-electron chi connectivity index (χ0n) is 11.3. The van der Waals surface area contributed by atoms with E-state index in [0.29, 0.717) is 9.23 Å². The summed E-state index contributed by atoms with van der Waals surface area (Å²) in [6, 6.07) is 15.3. The predicted octanol–water partition coefficient (Wildman–Crippen LogP) is 4.05. The normalized spacial score (nSPS) is 16.4. The Kier molecular flexibility index (Phi) is 4.22. The Morgan fingerprint density at radius 3 is 2.45 bits per heavy atom. The molecule has 2 aromatic carbocycles. The van der Waals surface area contributed by atoms with Gasteiger partial charge in [-0.25, -0.2) is 9.40 Å². The first-order valence-electron chi connectivity index (χ1n) is 6.49. The van der Waals surface area contributed by atoms with E-state index in [9.17, 15) is 9.18 Å². The summed E-state index contributed by atoms with van der Waals surface area (Å²) in [7, 11) is 0. The maximum atomic E-state index is 12.9. The molecule has 1 amide bonds. The van der Waals surface area contributed by atoms with Crippen LogP contribution in [0, 0.1) is 5.82 Å². The Morgan fingerprint density at radius 2 is 1.77 bits per heavy atom. The number of nitrogens with one attached hydrogen (secondary N) is 1. The molecule has 110 valence electrons. The van der Waals surface area contributed by atoms with Gasteiger partial charge in [0, 0.05) is 0 Å². The van der Waals surface area contributed by atoms with E-state index in [-0.39, 0.29) is 11.7 Å². The van der Waals surface area contributed by atoms with Gasteiger partial charge < -0.3 is 0 Å². The lowest BCUT2D eigenvalue weighted by atomic mass is 10.2. The number of benzene rings is 2. The number of hydrazine groups is 1. The second-order valence-electron chi connectivity index (χ2n) is 4.55. The van der Waals surface area contributed by atoms with Crippen molar-refractivity contribution in [3.8, 4) is 0 Å². The minimum absolute atomic E-state index is 0.219. The maximum Gasteiger partial charge on any atom is 0.285 e. The van der Waals surface area contributed by atoms with Crippen LogP contribution in [-0.4, -0.2) is 15.2 Å². The molecule has 1 aliphatic rings. The monoisotopic (exact) mass is 330 g/mol. The van der Waals surface area contributed by atoms with Crippen LogP contribution in [0.1, 0.15) is 5.56 Å². The second kappa shape index (κ2) is 6.29. The molecule has 3 rings (SSSR count). The minimum Gasteiger partial charge on any atom is -0.290 e. The van der Waals surface area contributed by atoms with Crippen LogP contribution in [0.3, 0.4) is 0 Å². The van der Waals surface area contributed by atoms with Crippen molar-refractivity contribution in [2.24, 2.45) is 0 Å². The number of rotatable bonds is 3. The van der Waals surface area contributed by atoms with Crippen LogP contribution in [0.5, 0.6) is 0 Å². The van der Waals surface area contributed by atoms with Crippen LogP contribution >= 0.6 is 24.0 Å². The van der Waals surface area contributed by atoms with Gasteiger partial charge in [0.05, 0.1) is 10.6 Å². The van der Waals surface area contributed by atoms with E-state index in [2.05, 4.69) is 5.43 Å². The molecule has 1 aliphatic heterocycles. The molecule has 3 nitrogen and oxygen atoms in total. The molecule has 0 aliphatic carbocycles. The van der Waals surface area contributed by atoms with Crippen LogP contribution in [0.2, 0.25) is 0 Å². The number of hydrogen-bond donors (Lipinski definition) is 1. The van der Waals surface area contributed by atoms with E-state index in [1.54, 1.807) is 18.2 Å². The third kappa shape index (κ3) is 3.18. The highest BCUT2D eigenvalue weighted by Gasteiger charge is 2.32. The van der Waals surface area contributed by atoms with Crippen molar-refractivity contribution in [1.29, 1.82) is 0 Å². The topological polar surface area (TPSA) is 32.3 Å². The summed E-state index contributed by atoms with van der Waals surface area (Å²) in [5.41, 5.74) is 4.52. The Hall–Kier alpha value is -2.18. The molecule has 0 spiro atoms. The van der Waals surface area contributed by atoms with Crippen LogP contribution in [0.15, 0.2) is 59.5 Å². The summed E-state index contributed by atoms with van der Waals surface area (Å²) in [6.07, 6.45) is 1.70. The molecule has 0 bridgehead atoms. The lowest BCUT2D eigenvalue weighted by Crippen LogP contribution is -2.33. The zero-order chi connectivity index (χ0) is 15.5. The van der Waals surface area contributed by atoms with Gasteiger partial charge >= 0.3 is 0 Å². The van der Waals surface area contributed by atoms with E-state index >= 15 is 0 Å². The molecule has 0 aromatic heterocycles. The molecule has 0 radical (unpaired) electrons. The van der Waals surface area contributed by atoms with E-state index in [4.69, 9.17) is 12.2 Å². The average Bonchev–Trinajstić information content (AvgIpc) is 2.78. The van der Waals surface area contributed by atoms with Gasteiger partial charge in [-0.05, 0) is 48.1 Å². The molecule has 0 atom stereocenters. The number of anilines is 1. The van der Waals surface area contributed by atoms with Crippen molar-refractivity contribution in [3.63, 3.8) is 0 Å². The number of amides is 1. The van der Waals surface area contributed by atoms with Gasteiger partial charge in [0.25, 0.3) is 5.91 Å². The fraction of sp³-hybridized carbons (Fsp3) is 0. The lowest BCUT2D eigenvalue weighted by molar-refractivity contribution is -0.121. The van der Waals surface area contributed by atoms with Gasteiger partial charge in [-0.1, -0.05) is 42.1 Å². The van der Waals surface area contributed by atoms with Gasteiger partial charge in [-0.3, -0.25) is 10.2 Å². The number of carbonyl (C=O) groups is 1. The zero-order valence-corrected chi connectivity index (χ0v) is 13.0. The summed E-state index contributed by atoms with van der Waals surface area (Å²) in [6.45, 7) is 0. The molecular weight excluding hydrogens is 319 g/mol. The molecule has 1 N–H and O–H groups in total. The second-order valence-corrected chi connectivity index (χ2v) is 6.22. The van der Waals surface area contributed by atoms with E-state index in [1.807, 2.05) is 30.3 Å². The predicted molar refractivity (Wildman–Crippen MR) is 91.5 cm³/mol. The fourth-order valence-electron chi connectivity index (χ4n) is 1.92. The van der Waals surface area contributed by atoms with E-state index in [0.717, 1.165) is 11.3 Å². The van der Waals surface area contributed by atoms with Crippen molar-refractivity contribution in [3.05, 3.63) is 70.9 Å². The van der Waals surface area contributed by atoms with Gasteiger partial charge in [0.2, 0.25) is 0 Å². The molecule has 22 heavy (non-hydrogen) atoms. The molecular formula is C16H11FN2OS2. The number of carbonyl (C=O) groups excluding carboxylic acids is 1.